The fraction of sp³-hybridized carbons (Fsp3) is 0. The summed E-state index contributed by atoms with van der Waals surface area (Å²) in [6.45, 7) is 0. The largest absolute Gasteiger partial charge is 0.867 e. The molecule has 0 spiro atoms. The first kappa shape index (κ1) is 14.9. The molecule has 2 rings (SSSR count). The number of nitrogens with zero attached hydrogens (tertiary/aromatic N) is 2. The lowest BCUT2D eigenvalue weighted by molar-refractivity contribution is -0.398. The standard InChI is InChI=1S/C13H7ClF2N2O3/c14-8-3-7(13(19)12(4-8)18(20)21)6-17-9-1-2-10(15)11(16)5-9/h1-6,19H/p-1. The molecule has 0 saturated heterocycles. The van der Waals surface area contributed by atoms with Gasteiger partial charge >= 0.3 is 0 Å². The van der Waals surface area contributed by atoms with Crippen LogP contribution in [0.1, 0.15) is 5.56 Å². The molecule has 0 aliphatic rings. The summed E-state index contributed by atoms with van der Waals surface area (Å²) < 4.78 is 25.7. The Bertz CT molecular complexity index is 750. The molecule has 0 aliphatic carbocycles. The van der Waals surface area contributed by atoms with E-state index in [4.69, 9.17) is 11.6 Å². The highest BCUT2D eigenvalue weighted by Crippen LogP contribution is 2.30. The highest BCUT2D eigenvalue weighted by molar-refractivity contribution is 6.31. The molecule has 0 aliphatic heterocycles. The van der Waals surface area contributed by atoms with Crippen molar-refractivity contribution in [2.24, 2.45) is 4.99 Å². The molecule has 2 aromatic rings. The van der Waals surface area contributed by atoms with Crippen LogP contribution in [0.15, 0.2) is 35.3 Å². The molecule has 0 radical (unpaired) electrons. The van der Waals surface area contributed by atoms with Crippen LogP contribution in [0.5, 0.6) is 5.75 Å². The third-order valence-corrected chi connectivity index (χ3v) is 2.73. The normalized spacial score (nSPS) is 11.0. The lowest BCUT2D eigenvalue weighted by Crippen LogP contribution is -2.02. The SMILES string of the molecule is O=[N+]([O-])c1cc(Cl)cc(C=Nc2ccc(F)c(F)c2)c1[O-]. The van der Waals surface area contributed by atoms with Crippen molar-refractivity contribution in [3.63, 3.8) is 0 Å². The first-order chi connectivity index (χ1) is 9.88. The van der Waals surface area contributed by atoms with Gasteiger partial charge in [0.05, 0.1) is 10.6 Å². The van der Waals surface area contributed by atoms with Gasteiger partial charge in [-0.15, -0.1) is 0 Å². The van der Waals surface area contributed by atoms with E-state index in [1.165, 1.54) is 12.1 Å². The first-order valence-electron chi connectivity index (χ1n) is 5.52. The van der Waals surface area contributed by atoms with Gasteiger partial charge < -0.3 is 5.11 Å². The van der Waals surface area contributed by atoms with Gasteiger partial charge in [0.15, 0.2) is 11.6 Å². The minimum atomic E-state index is -1.09. The van der Waals surface area contributed by atoms with Crippen molar-refractivity contribution in [1.29, 1.82) is 0 Å². The molecule has 0 bridgehead atoms. The Morgan fingerprint density at radius 1 is 1.19 bits per heavy atom. The number of aliphatic imine (C=N–C) groups is 1. The highest BCUT2D eigenvalue weighted by atomic mass is 35.5. The van der Waals surface area contributed by atoms with Gasteiger partial charge in [0, 0.05) is 23.4 Å². The van der Waals surface area contributed by atoms with Crippen molar-refractivity contribution < 1.29 is 18.8 Å². The summed E-state index contributed by atoms with van der Waals surface area (Å²) >= 11 is 5.68. The minimum Gasteiger partial charge on any atom is -0.867 e. The lowest BCUT2D eigenvalue weighted by atomic mass is 10.2. The second kappa shape index (κ2) is 5.84. The summed E-state index contributed by atoms with van der Waals surface area (Å²) in [5.41, 5.74) is -0.760. The molecule has 5 nitrogen and oxygen atoms in total. The van der Waals surface area contributed by atoms with Gasteiger partial charge in [-0.25, -0.2) is 8.78 Å². The van der Waals surface area contributed by atoms with Crippen LogP contribution in [0.25, 0.3) is 0 Å². The zero-order valence-corrected chi connectivity index (χ0v) is 11.0. The Balaban J connectivity index is 2.41. The zero-order valence-electron chi connectivity index (χ0n) is 10.2. The quantitative estimate of drug-likeness (QED) is 0.495. The average Bonchev–Trinajstić information content (AvgIpc) is 2.42. The van der Waals surface area contributed by atoms with Crippen LogP contribution in [0.3, 0.4) is 0 Å². The van der Waals surface area contributed by atoms with Gasteiger partial charge in [-0.1, -0.05) is 11.6 Å². The maximum atomic E-state index is 13.0. The number of hydrogen-bond donors (Lipinski definition) is 0. The van der Waals surface area contributed by atoms with Gasteiger partial charge in [-0.2, -0.15) is 0 Å². The average molecular weight is 312 g/mol. The predicted molar refractivity (Wildman–Crippen MR) is 71.2 cm³/mol. The molecule has 8 heteroatoms. The van der Waals surface area contributed by atoms with E-state index >= 15 is 0 Å². The number of halogens is 3. The van der Waals surface area contributed by atoms with Crippen LogP contribution >= 0.6 is 11.6 Å². The summed E-state index contributed by atoms with van der Waals surface area (Å²) in [7, 11) is 0. The molecular weight excluding hydrogens is 306 g/mol. The van der Waals surface area contributed by atoms with E-state index in [1.807, 2.05) is 0 Å². The molecule has 21 heavy (non-hydrogen) atoms. The summed E-state index contributed by atoms with van der Waals surface area (Å²) in [6.07, 6.45) is 1.01. The molecular formula is C13H6ClF2N2O3-. The van der Waals surface area contributed by atoms with E-state index in [0.717, 1.165) is 24.4 Å². The lowest BCUT2D eigenvalue weighted by Gasteiger charge is -2.10. The van der Waals surface area contributed by atoms with E-state index in [9.17, 15) is 24.0 Å². The Morgan fingerprint density at radius 2 is 1.90 bits per heavy atom. The van der Waals surface area contributed by atoms with Crippen molar-refractivity contribution in [3.05, 3.63) is 62.7 Å². The Hall–Kier alpha value is -2.54. The highest BCUT2D eigenvalue weighted by Gasteiger charge is 2.11. The van der Waals surface area contributed by atoms with Crippen LogP contribution in [0.2, 0.25) is 5.02 Å². The third kappa shape index (κ3) is 3.32. The summed E-state index contributed by atoms with van der Waals surface area (Å²) in [6, 6.07) is 5.02. The Kier molecular flexibility index (Phi) is 4.13. The second-order valence-corrected chi connectivity index (χ2v) is 4.39. The van der Waals surface area contributed by atoms with E-state index in [0.29, 0.717) is 0 Å². The van der Waals surface area contributed by atoms with Crippen LogP contribution < -0.4 is 5.11 Å². The van der Waals surface area contributed by atoms with Crippen molar-refractivity contribution >= 4 is 29.2 Å². The van der Waals surface area contributed by atoms with E-state index in [2.05, 4.69) is 4.99 Å². The van der Waals surface area contributed by atoms with Crippen LogP contribution in [0, 0.1) is 21.7 Å². The van der Waals surface area contributed by atoms with Crippen molar-refractivity contribution in [2.75, 3.05) is 0 Å². The van der Waals surface area contributed by atoms with Gasteiger partial charge in [0.1, 0.15) is 0 Å². The summed E-state index contributed by atoms with van der Waals surface area (Å²) in [5.74, 6) is -2.99. The monoisotopic (exact) mass is 311 g/mol. The molecule has 0 aromatic heterocycles. The molecule has 0 unspecified atom stereocenters. The van der Waals surface area contributed by atoms with Crippen molar-refractivity contribution in [3.8, 4) is 5.75 Å². The second-order valence-electron chi connectivity index (χ2n) is 3.96. The van der Waals surface area contributed by atoms with Crippen molar-refractivity contribution in [1.82, 2.24) is 0 Å². The minimum absolute atomic E-state index is 0.00645. The maximum Gasteiger partial charge on any atom is 0.263 e. The number of nitro benzene ring substituents is 1. The van der Waals surface area contributed by atoms with Crippen LogP contribution in [-0.2, 0) is 0 Å². The fourth-order valence-corrected chi connectivity index (χ4v) is 1.76. The van der Waals surface area contributed by atoms with Gasteiger partial charge in [-0.05, 0) is 29.5 Å². The molecule has 0 N–H and O–H groups in total. The summed E-state index contributed by atoms with van der Waals surface area (Å²) in [5, 5.41) is 22.5. The van der Waals surface area contributed by atoms with Gasteiger partial charge in [0.2, 0.25) is 0 Å². The molecule has 0 atom stereocenters. The number of rotatable bonds is 3. The number of benzene rings is 2. The number of hydrogen-bond acceptors (Lipinski definition) is 4. The maximum absolute atomic E-state index is 13.0. The van der Waals surface area contributed by atoms with E-state index < -0.39 is 28.0 Å². The molecule has 0 saturated carbocycles. The third-order valence-electron chi connectivity index (χ3n) is 2.52. The molecule has 0 heterocycles. The summed E-state index contributed by atoms with van der Waals surface area (Å²) in [4.78, 5) is 13.6. The fourth-order valence-electron chi connectivity index (χ4n) is 1.54. The molecule has 0 amide bonds. The topological polar surface area (TPSA) is 78.6 Å². The van der Waals surface area contributed by atoms with Gasteiger partial charge in [-0.3, -0.25) is 15.1 Å². The van der Waals surface area contributed by atoms with E-state index in [1.54, 1.807) is 0 Å². The van der Waals surface area contributed by atoms with Crippen LogP contribution in [0.4, 0.5) is 20.2 Å². The smallest absolute Gasteiger partial charge is 0.263 e. The van der Waals surface area contributed by atoms with Crippen LogP contribution in [-0.4, -0.2) is 11.1 Å². The molecule has 2 aromatic carbocycles. The molecule has 108 valence electrons. The predicted octanol–water partition coefficient (Wildman–Crippen LogP) is 3.35. The Labute approximate surface area is 122 Å². The van der Waals surface area contributed by atoms with Gasteiger partial charge in [0.25, 0.3) is 5.69 Å². The Morgan fingerprint density at radius 3 is 2.52 bits per heavy atom. The molecule has 0 fully saturated rings. The number of nitro groups is 1. The zero-order chi connectivity index (χ0) is 15.6. The van der Waals surface area contributed by atoms with Crippen molar-refractivity contribution in [2.45, 2.75) is 0 Å². The first-order valence-corrected chi connectivity index (χ1v) is 5.90. The van der Waals surface area contributed by atoms with E-state index in [-0.39, 0.29) is 16.3 Å².